The Kier molecular flexibility index (Phi) is 2.13. The topological polar surface area (TPSA) is 55.6 Å². The highest BCUT2D eigenvalue weighted by Gasteiger charge is 2.18. The molecule has 0 saturated heterocycles. The summed E-state index contributed by atoms with van der Waals surface area (Å²) in [6.07, 6.45) is 0. The van der Waals surface area contributed by atoms with E-state index in [9.17, 15) is 4.79 Å². The van der Waals surface area contributed by atoms with Gasteiger partial charge in [0.2, 0.25) is 5.91 Å². The van der Waals surface area contributed by atoms with E-state index in [0.29, 0.717) is 18.8 Å². The first-order valence-corrected chi connectivity index (χ1v) is 4.45. The fourth-order valence-corrected chi connectivity index (χ4v) is 1.48. The lowest BCUT2D eigenvalue weighted by atomic mass is 10.1. The number of carbonyl (C=O) groups excluding carboxylic acids is 1. The standard InChI is InChI=1S/C10H12N2O2/c1-7(13)12-5-9-4-10(11)3-2-8(9)6-14-12/h2-4H,5-6,11H2,1H3. The second kappa shape index (κ2) is 3.31. The van der Waals surface area contributed by atoms with E-state index in [0.717, 1.165) is 11.1 Å². The van der Waals surface area contributed by atoms with Gasteiger partial charge in [-0.1, -0.05) is 6.07 Å². The van der Waals surface area contributed by atoms with Gasteiger partial charge in [-0.15, -0.1) is 0 Å². The number of nitrogens with zero attached hydrogens (tertiary/aromatic N) is 1. The molecule has 4 nitrogen and oxygen atoms in total. The van der Waals surface area contributed by atoms with Gasteiger partial charge in [-0.05, 0) is 23.3 Å². The van der Waals surface area contributed by atoms with Crippen LogP contribution in [0.15, 0.2) is 18.2 Å². The number of rotatable bonds is 0. The molecule has 1 aliphatic rings. The molecule has 0 aliphatic carbocycles. The molecule has 4 heteroatoms. The van der Waals surface area contributed by atoms with Crippen LogP contribution in [0.5, 0.6) is 0 Å². The zero-order valence-electron chi connectivity index (χ0n) is 7.99. The summed E-state index contributed by atoms with van der Waals surface area (Å²) in [4.78, 5) is 16.3. The number of fused-ring (bicyclic) bond motifs is 1. The minimum Gasteiger partial charge on any atom is -0.399 e. The van der Waals surface area contributed by atoms with Crippen molar-refractivity contribution in [1.29, 1.82) is 0 Å². The number of anilines is 1. The highest BCUT2D eigenvalue weighted by atomic mass is 16.7. The van der Waals surface area contributed by atoms with E-state index in [1.165, 1.54) is 12.0 Å². The molecule has 0 radical (unpaired) electrons. The molecule has 0 spiro atoms. The predicted molar refractivity (Wildman–Crippen MR) is 51.9 cm³/mol. The van der Waals surface area contributed by atoms with Crippen molar-refractivity contribution in [3.8, 4) is 0 Å². The van der Waals surface area contributed by atoms with Gasteiger partial charge >= 0.3 is 0 Å². The van der Waals surface area contributed by atoms with Crippen molar-refractivity contribution in [3.05, 3.63) is 29.3 Å². The van der Waals surface area contributed by atoms with Crippen LogP contribution in [-0.2, 0) is 22.8 Å². The molecule has 0 saturated carbocycles. The van der Waals surface area contributed by atoms with E-state index in [-0.39, 0.29) is 5.91 Å². The Morgan fingerprint density at radius 1 is 1.50 bits per heavy atom. The number of nitrogens with two attached hydrogens (primary N) is 1. The fourth-order valence-electron chi connectivity index (χ4n) is 1.48. The lowest BCUT2D eigenvalue weighted by Gasteiger charge is -2.27. The van der Waals surface area contributed by atoms with Crippen LogP contribution < -0.4 is 5.73 Å². The van der Waals surface area contributed by atoms with Crippen LogP contribution in [0.25, 0.3) is 0 Å². The number of hydroxylamine groups is 2. The normalized spacial score (nSPS) is 15.1. The summed E-state index contributed by atoms with van der Waals surface area (Å²) in [6, 6.07) is 5.65. The SMILES string of the molecule is CC(=O)N1Cc2cc(N)ccc2CO1. The van der Waals surface area contributed by atoms with Crippen molar-refractivity contribution in [2.24, 2.45) is 0 Å². The maximum Gasteiger partial charge on any atom is 0.243 e. The summed E-state index contributed by atoms with van der Waals surface area (Å²) < 4.78 is 0. The highest BCUT2D eigenvalue weighted by Crippen LogP contribution is 2.21. The molecule has 0 bridgehead atoms. The summed E-state index contributed by atoms with van der Waals surface area (Å²) in [7, 11) is 0. The average molecular weight is 192 g/mol. The molecule has 1 heterocycles. The van der Waals surface area contributed by atoms with Crippen molar-refractivity contribution in [2.75, 3.05) is 5.73 Å². The van der Waals surface area contributed by atoms with Gasteiger partial charge in [0, 0.05) is 12.6 Å². The molecule has 1 aromatic rings. The third-order valence-electron chi connectivity index (χ3n) is 2.27. The van der Waals surface area contributed by atoms with E-state index >= 15 is 0 Å². The van der Waals surface area contributed by atoms with Crippen molar-refractivity contribution >= 4 is 11.6 Å². The lowest BCUT2D eigenvalue weighted by molar-refractivity contribution is -0.198. The number of amides is 1. The fraction of sp³-hybridized carbons (Fsp3) is 0.300. The summed E-state index contributed by atoms with van der Waals surface area (Å²) in [5, 5.41) is 1.35. The molecular formula is C10H12N2O2. The van der Waals surface area contributed by atoms with Gasteiger partial charge in [0.05, 0.1) is 6.54 Å². The molecule has 74 valence electrons. The van der Waals surface area contributed by atoms with Crippen molar-refractivity contribution in [1.82, 2.24) is 5.06 Å². The third kappa shape index (κ3) is 1.56. The molecule has 0 aromatic heterocycles. The molecule has 0 atom stereocenters. The molecule has 1 aromatic carbocycles. The molecule has 1 aliphatic heterocycles. The molecule has 2 N–H and O–H groups in total. The Balaban J connectivity index is 2.29. The minimum absolute atomic E-state index is 0.0851. The highest BCUT2D eigenvalue weighted by molar-refractivity contribution is 5.72. The Morgan fingerprint density at radius 3 is 3.00 bits per heavy atom. The number of hydrogen-bond acceptors (Lipinski definition) is 3. The van der Waals surface area contributed by atoms with Gasteiger partial charge < -0.3 is 5.73 Å². The predicted octanol–water partition coefficient (Wildman–Crippen LogP) is 1.06. The van der Waals surface area contributed by atoms with E-state index in [1.807, 2.05) is 18.2 Å². The van der Waals surface area contributed by atoms with Crippen LogP contribution in [0.1, 0.15) is 18.1 Å². The minimum atomic E-state index is -0.0851. The first kappa shape index (κ1) is 9.02. The van der Waals surface area contributed by atoms with Crippen LogP contribution in [0.2, 0.25) is 0 Å². The van der Waals surface area contributed by atoms with Crippen LogP contribution in [0, 0.1) is 0 Å². The van der Waals surface area contributed by atoms with Gasteiger partial charge in [0.1, 0.15) is 6.61 Å². The van der Waals surface area contributed by atoms with Gasteiger partial charge in [-0.2, -0.15) is 0 Å². The van der Waals surface area contributed by atoms with E-state index < -0.39 is 0 Å². The summed E-state index contributed by atoms with van der Waals surface area (Å²) in [6.45, 7) is 2.40. The largest absolute Gasteiger partial charge is 0.399 e. The Morgan fingerprint density at radius 2 is 2.29 bits per heavy atom. The third-order valence-corrected chi connectivity index (χ3v) is 2.27. The smallest absolute Gasteiger partial charge is 0.243 e. The van der Waals surface area contributed by atoms with Gasteiger partial charge in [-0.25, -0.2) is 5.06 Å². The molecular weight excluding hydrogens is 180 g/mol. The number of carbonyl (C=O) groups is 1. The first-order valence-electron chi connectivity index (χ1n) is 4.45. The molecule has 14 heavy (non-hydrogen) atoms. The monoisotopic (exact) mass is 192 g/mol. The zero-order chi connectivity index (χ0) is 10.1. The molecule has 0 fully saturated rings. The van der Waals surface area contributed by atoms with Crippen LogP contribution in [-0.4, -0.2) is 11.0 Å². The van der Waals surface area contributed by atoms with Gasteiger partial charge in [0.15, 0.2) is 0 Å². The molecule has 2 rings (SSSR count). The van der Waals surface area contributed by atoms with E-state index in [4.69, 9.17) is 10.6 Å². The second-order valence-corrected chi connectivity index (χ2v) is 3.36. The van der Waals surface area contributed by atoms with E-state index in [2.05, 4.69) is 0 Å². The van der Waals surface area contributed by atoms with Crippen LogP contribution in [0.4, 0.5) is 5.69 Å². The van der Waals surface area contributed by atoms with Gasteiger partial charge in [-0.3, -0.25) is 9.63 Å². The summed E-state index contributed by atoms with van der Waals surface area (Å²) in [5.74, 6) is -0.0851. The Labute approximate surface area is 82.2 Å². The van der Waals surface area contributed by atoms with Crippen LogP contribution in [0.3, 0.4) is 0 Å². The van der Waals surface area contributed by atoms with Crippen molar-refractivity contribution in [2.45, 2.75) is 20.1 Å². The number of nitrogen functional groups attached to an aromatic ring is 1. The van der Waals surface area contributed by atoms with E-state index in [1.54, 1.807) is 0 Å². The summed E-state index contributed by atoms with van der Waals surface area (Å²) >= 11 is 0. The van der Waals surface area contributed by atoms with Crippen LogP contribution >= 0.6 is 0 Å². The second-order valence-electron chi connectivity index (χ2n) is 3.36. The van der Waals surface area contributed by atoms with Crippen molar-refractivity contribution < 1.29 is 9.63 Å². The quantitative estimate of drug-likeness (QED) is 0.625. The maximum atomic E-state index is 11.1. The average Bonchev–Trinajstić information content (AvgIpc) is 2.16. The maximum absolute atomic E-state index is 11.1. The Hall–Kier alpha value is -1.55. The number of hydrogen-bond donors (Lipinski definition) is 1. The zero-order valence-corrected chi connectivity index (χ0v) is 7.99. The van der Waals surface area contributed by atoms with Gasteiger partial charge in [0.25, 0.3) is 0 Å². The molecule has 1 amide bonds. The molecule has 0 unspecified atom stereocenters. The summed E-state index contributed by atoms with van der Waals surface area (Å²) in [5.41, 5.74) is 8.53. The lowest BCUT2D eigenvalue weighted by Crippen LogP contribution is -2.32. The number of benzene rings is 1. The van der Waals surface area contributed by atoms with Crippen molar-refractivity contribution in [3.63, 3.8) is 0 Å². The first-order chi connectivity index (χ1) is 6.66. The Bertz CT molecular complexity index is 376.